The van der Waals surface area contributed by atoms with E-state index in [2.05, 4.69) is 10.3 Å². The van der Waals surface area contributed by atoms with Crippen LogP contribution >= 0.6 is 0 Å². The minimum absolute atomic E-state index is 0.221. The van der Waals surface area contributed by atoms with Crippen molar-refractivity contribution in [2.45, 2.75) is 25.7 Å². The van der Waals surface area contributed by atoms with Crippen molar-refractivity contribution in [3.63, 3.8) is 0 Å². The van der Waals surface area contributed by atoms with Crippen molar-refractivity contribution in [1.82, 2.24) is 10.2 Å². The minimum Gasteiger partial charge on any atom is -0.466 e. The lowest BCUT2D eigenvalue weighted by molar-refractivity contribution is -0.137. The highest BCUT2D eigenvalue weighted by molar-refractivity contribution is 5.96. The third-order valence-corrected chi connectivity index (χ3v) is 5.31. The molecule has 1 atom stereocenters. The molecule has 0 aromatic heterocycles. The van der Waals surface area contributed by atoms with E-state index in [1.807, 2.05) is 35.2 Å². The highest BCUT2D eigenvalue weighted by Gasteiger charge is 2.37. The molecule has 1 aliphatic rings. The van der Waals surface area contributed by atoms with E-state index in [1.54, 1.807) is 20.1 Å². The van der Waals surface area contributed by atoms with Gasteiger partial charge in [0.1, 0.15) is 0 Å². The Morgan fingerprint density at radius 3 is 2.48 bits per heavy atom. The number of allylic oxidation sites excluding steroid dienone is 1. The summed E-state index contributed by atoms with van der Waals surface area (Å²) in [6.45, 7) is 2.84. The van der Waals surface area contributed by atoms with Crippen molar-refractivity contribution in [3.05, 3.63) is 82.6 Å². The first kappa shape index (κ1) is 24.3. The number of guanidine groups is 1. The number of alkyl halides is 3. The van der Waals surface area contributed by atoms with E-state index in [-0.39, 0.29) is 11.1 Å². The Labute approximate surface area is 190 Å². The van der Waals surface area contributed by atoms with Gasteiger partial charge in [-0.05, 0) is 30.2 Å². The Kier molecular flexibility index (Phi) is 7.75. The number of esters is 1. The number of aliphatic imine (C=N–C) groups is 1. The lowest BCUT2D eigenvalue weighted by atomic mass is 9.93. The van der Waals surface area contributed by atoms with Crippen LogP contribution in [0.1, 0.15) is 29.7 Å². The first-order chi connectivity index (χ1) is 15.8. The number of carbonyl (C=O) groups is 1. The molecule has 2 aromatic carbocycles. The molecule has 0 saturated heterocycles. The van der Waals surface area contributed by atoms with Gasteiger partial charge in [0.2, 0.25) is 0 Å². The number of ether oxygens (including phenoxy) is 2. The lowest BCUT2D eigenvalue weighted by Crippen LogP contribution is -2.49. The fraction of sp³-hybridized carbons (Fsp3) is 0.333. The van der Waals surface area contributed by atoms with E-state index in [0.29, 0.717) is 31.4 Å². The Bertz CT molecular complexity index is 1040. The molecule has 0 bridgehead atoms. The van der Waals surface area contributed by atoms with Gasteiger partial charge in [-0.3, -0.25) is 4.99 Å². The van der Waals surface area contributed by atoms with E-state index in [4.69, 9.17) is 9.47 Å². The molecule has 0 aliphatic carbocycles. The van der Waals surface area contributed by atoms with E-state index >= 15 is 0 Å². The third-order valence-electron chi connectivity index (χ3n) is 5.31. The van der Waals surface area contributed by atoms with Gasteiger partial charge >= 0.3 is 12.1 Å². The summed E-state index contributed by atoms with van der Waals surface area (Å²) in [5.41, 5.74) is 1.22. The summed E-state index contributed by atoms with van der Waals surface area (Å²) in [5.74, 6) is -0.195. The molecule has 33 heavy (non-hydrogen) atoms. The largest absolute Gasteiger partial charge is 0.466 e. The number of halogens is 3. The molecule has 6 nitrogen and oxygen atoms in total. The van der Waals surface area contributed by atoms with Gasteiger partial charge in [0.25, 0.3) is 0 Å². The number of nitrogens with one attached hydrogen (secondary N) is 1. The number of hydrogen-bond donors (Lipinski definition) is 1. The molecule has 0 saturated carbocycles. The van der Waals surface area contributed by atoms with Crippen LogP contribution in [0.5, 0.6) is 0 Å². The SMILES string of the molecule is COCCN=C1N[C@@H](c2cccc(C(F)(F)F)c2)C(C(=O)OC)=C(C)N1Cc1ccccc1. The molecule has 0 fully saturated rings. The van der Waals surface area contributed by atoms with Gasteiger partial charge in [-0.1, -0.05) is 42.5 Å². The molecule has 0 amide bonds. The summed E-state index contributed by atoms with van der Waals surface area (Å²) in [7, 11) is 2.80. The number of methoxy groups -OCH3 is 2. The fourth-order valence-corrected chi connectivity index (χ4v) is 3.65. The molecule has 1 N–H and O–H groups in total. The van der Waals surface area contributed by atoms with Gasteiger partial charge in [-0.15, -0.1) is 0 Å². The topological polar surface area (TPSA) is 63.2 Å². The molecule has 176 valence electrons. The Morgan fingerprint density at radius 2 is 1.85 bits per heavy atom. The molecule has 3 rings (SSSR count). The quantitative estimate of drug-likeness (QED) is 0.492. The Hall–Kier alpha value is -3.33. The first-order valence-electron chi connectivity index (χ1n) is 10.3. The number of nitrogens with zero attached hydrogens (tertiary/aromatic N) is 2. The second-order valence-electron chi connectivity index (χ2n) is 7.46. The molecule has 1 heterocycles. The maximum Gasteiger partial charge on any atom is 0.416 e. The van der Waals surface area contributed by atoms with E-state index in [9.17, 15) is 18.0 Å². The summed E-state index contributed by atoms with van der Waals surface area (Å²) < 4.78 is 50.1. The number of carbonyl (C=O) groups excluding carboxylic acids is 1. The van der Waals surface area contributed by atoms with Crippen LogP contribution in [0, 0.1) is 0 Å². The third kappa shape index (κ3) is 5.73. The Morgan fingerprint density at radius 1 is 1.12 bits per heavy atom. The minimum atomic E-state index is -4.51. The van der Waals surface area contributed by atoms with Crippen LogP contribution in [0.25, 0.3) is 0 Å². The van der Waals surface area contributed by atoms with Crippen LogP contribution in [0.4, 0.5) is 13.2 Å². The van der Waals surface area contributed by atoms with Crippen LogP contribution < -0.4 is 5.32 Å². The highest BCUT2D eigenvalue weighted by atomic mass is 19.4. The monoisotopic (exact) mass is 461 g/mol. The van der Waals surface area contributed by atoms with Crippen LogP contribution in [0.2, 0.25) is 0 Å². The smallest absolute Gasteiger partial charge is 0.416 e. The number of rotatable bonds is 7. The predicted molar refractivity (Wildman–Crippen MR) is 118 cm³/mol. The van der Waals surface area contributed by atoms with Crippen molar-refractivity contribution in [2.75, 3.05) is 27.4 Å². The zero-order valence-corrected chi connectivity index (χ0v) is 18.6. The Balaban J connectivity index is 2.12. The molecule has 1 aliphatic heterocycles. The molecular weight excluding hydrogens is 435 g/mol. The summed E-state index contributed by atoms with van der Waals surface area (Å²) in [4.78, 5) is 19.2. The summed E-state index contributed by atoms with van der Waals surface area (Å²) in [6, 6.07) is 13.6. The highest BCUT2D eigenvalue weighted by Crippen LogP contribution is 2.35. The van der Waals surface area contributed by atoms with Gasteiger partial charge in [0.05, 0.1) is 44.0 Å². The summed E-state index contributed by atoms with van der Waals surface area (Å²) in [5, 5.41) is 3.17. The van der Waals surface area contributed by atoms with E-state index < -0.39 is 23.8 Å². The first-order valence-corrected chi connectivity index (χ1v) is 10.3. The standard InChI is InChI=1S/C24H26F3N3O3/c1-16-20(22(31)33-3)21(18-10-7-11-19(14-18)24(25,26)27)29-23(28-12-13-32-2)30(16)15-17-8-5-4-6-9-17/h4-11,14,21H,12-13,15H2,1-3H3,(H,28,29)/t21-/m0/s1. The van der Waals surface area contributed by atoms with Crippen LogP contribution in [-0.4, -0.2) is 44.2 Å². The lowest BCUT2D eigenvalue weighted by Gasteiger charge is -2.38. The second-order valence-corrected chi connectivity index (χ2v) is 7.46. The van der Waals surface area contributed by atoms with Crippen LogP contribution in [-0.2, 0) is 27.0 Å². The van der Waals surface area contributed by atoms with E-state index in [1.165, 1.54) is 13.2 Å². The van der Waals surface area contributed by atoms with Crippen molar-refractivity contribution < 1.29 is 27.4 Å². The maximum atomic E-state index is 13.4. The van der Waals surface area contributed by atoms with Crippen molar-refractivity contribution >= 4 is 11.9 Å². The maximum absolute atomic E-state index is 13.4. The summed E-state index contributed by atoms with van der Waals surface area (Å²) in [6.07, 6.45) is -4.51. The van der Waals surface area contributed by atoms with Gasteiger partial charge in [0.15, 0.2) is 5.96 Å². The fourth-order valence-electron chi connectivity index (χ4n) is 3.65. The zero-order valence-electron chi connectivity index (χ0n) is 18.6. The molecule has 0 unspecified atom stereocenters. The molecule has 0 radical (unpaired) electrons. The van der Waals surface area contributed by atoms with E-state index in [0.717, 1.165) is 17.7 Å². The van der Waals surface area contributed by atoms with Crippen molar-refractivity contribution in [2.24, 2.45) is 4.99 Å². The summed E-state index contributed by atoms with van der Waals surface area (Å²) >= 11 is 0. The predicted octanol–water partition coefficient (Wildman–Crippen LogP) is 4.30. The zero-order chi connectivity index (χ0) is 24.0. The molecule has 2 aromatic rings. The normalized spacial score (nSPS) is 17.8. The molecular formula is C24H26F3N3O3. The number of benzene rings is 2. The van der Waals surface area contributed by atoms with Crippen molar-refractivity contribution in [3.8, 4) is 0 Å². The average Bonchev–Trinajstić information content (AvgIpc) is 2.81. The van der Waals surface area contributed by atoms with Gasteiger partial charge < -0.3 is 19.7 Å². The molecule has 0 spiro atoms. The number of hydrogen-bond acceptors (Lipinski definition) is 4. The van der Waals surface area contributed by atoms with Crippen LogP contribution in [0.15, 0.2) is 70.9 Å². The van der Waals surface area contributed by atoms with Crippen molar-refractivity contribution in [1.29, 1.82) is 0 Å². The van der Waals surface area contributed by atoms with Gasteiger partial charge in [-0.2, -0.15) is 13.2 Å². The average molecular weight is 461 g/mol. The van der Waals surface area contributed by atoms with Gasteiger partial charge in [-0.25, -0.2) is 4.79 Å². The van der Waals surface area contributed by atoms with Gasteiger partial charge in [0, 0.05) is 12.8 Å². The second kappa shape index (κ2) is 10.5. The molecule has 9 heteroatoms. The van der Waals surface area contributed by atoms with Crippen LogP contribution in [0.3, 0.4) is 0 Å².